The van der Waals surface area contributed by atoms with Crippen molar-refractivity contribution in [1.29, 1.82) is 0 Å². The van der Waals surface area contributed by atoms with Crippen LogP contribution in [0.1, 0.15) is 47.0 Å². The van der Waals surface area contributed by atoms with E-state index in [0.717, 1.165) is 4.57 Å². The molecule has 1 fully saturated rings. The van der Waals surface area contributed by atoms with Crippen molar-refractivity contribution in [3.05, 3.63) is 98.1 Å². The molecule has 0 spiro atoms. The molecule has 1 aromatic heterocycles. The number of carbonyl (C=O) groups excluding carboxylic acids is 2. The molecule has 4 atom stereocenters. The van der Waals surface area contributed by atoms with Gasteiger partial charge < -0.3 is 20.3 Å². The van der Waals surface area contributed by atoms with Crippen molar-refractivity contribution in [2.45, 2.75) is 37.7 Å². The Hall–Kier alpha value is -4.66. The van der Waals surface area contributed by atoms with E-state index < -0.39 is 47.7 Å². The van der Waals surface area contributed by atoms with Crippen LogP contribution in [0.4, 0.5) is 16.3 Å². The lowest BCUT2D eigenvalue weighted by molar-refractivity contribution is -0.385. The van der Waals surface area contributed by atoms with E-state index in [0.29, 0.717) is 5.56 Å². The van der Waals surface area contributed by atoms with Crippen molar-refractivity contribution >= 4 is 23.4 Å². The molecule has 3 aromatic rings. The SMILES string of the molecule is CC(COOC(=O)OC[C@H]1O[C@@H](n2ccc(N)nc2=O)C[C@@H]1O)c1cc(C(=O)c2ccccc2)ccc1[N+](=O)[O-]. The maximum absolute atomic E-state index is 12.8. The normalized spacial score (nSPS) is 19.1. The van der Waals surface area contributed by atoms with E-state index in [1.165, 1.54) is 30.5 Å². The lowest BCUT2D eigenvalue weighted by Crippen LogP contribution is -2.29. The van der Waals surface area contributed by atoms with Gasteiger partial charge in [-0.1, -0.05) is 37.3 Å². The summed E-state index contributed by atoms with van der Waals surface area (Å²) in [4.78, 5) is 60.9. The quantitative estimate of drug-likeness (QED) is 0.122. The number of rotatable bonds is 10. The van der Waals surface area contributed by atoms with E-state index in [2.05, 4.69) is 9.87 Å². The minimum Gasteiger partial charge on any atom is -0.429 e. The Kier molecular flexibility index (Phi) is 8.83. The molecular weight excluding hydrogens is 528 g/mol. The van der Waals surface area contributed by atoms with Crippen LogP contribution in [0.5, 0.6) is 0 Å². The van der Waals surface area contributed by atoms with Crippen LogP contribution >= 0.6 is 0 Å². The minimum atomic E-state index is -1.24. The molecule has 1 aliphatic heterocycles. The summed E-state index contributed by atoms with van der Waals surface area (Å²) in [7, 11) is 0. The predicted octanol–water partition coefficient (Wildman–Crippen LogP) is 2.50. The van der Waals surface area contributed by atoms with E-state index in [9.17, 15) is 29.6 Å². The number of aromatic nitrogens is 2. The highest BCUT2D eigenvalue weighted by Crippen LogP contribution is 2.30. The first-order valence-corrected chi connectivity index (χ1v) is 12.2. The first-order chi connectivity index (χ1) is 19.1. The maximum Gasteiger partial charge on any atom is 0.540 e. The molecule has 0 amide bonds. The van der Waals surface area contributed by atoms with Gasteiger partial charge in [-0.15, -0.1) is 0 Å². The van der Waals surface area contributed by atoms with Gasteiger partial charge in [-0.25, -0.2) is 9.59 Å². The number of nitrogen functional groups attached to an aromatic ring is 1. The van der Waals surface area contributed by atoms with E-state index in [1.54, 1.807) is 37.3 Å². The topological polar surface area (TPSA) is 195 Å². The molecule has 14 nitrogen and oxygen atoms in total. The van der Waals surface area contributed by atoms with Gasteiger partial charge in [-0.3, -0.25) is 24.4 Å². The highest BCUT2D eigenvalue weighted by atomic mass is 17.2. The molecule has 2 heterocycles. The van der Waals surface area contributed by atoms with Gasteiger partial charge in [0, 0.05) is 41.3 Å². The summed E-state index contributed by atoms with van der Waals surface area (Å²) in [5.41, 5.74) is 5.49. The third-order valence-corrected chi connectivity index (χ3v) is 6.23. The fourth-order valence-electron chi connectivity index (χ4n) is 4.14. The van der Waals surface area contributed by atoms with Gasteiger partial charge in [0.15, 0.2) is 5.78 Å². The number of nitrogens with zero attached hydrogens (tertiary/aromatic N) is 3. The van der Waals surface area contributed by atoms with Crippen LogP contribution in [0.15, 0.2) is 65.6 Å². The summed E-state index contributed by atoms with van der Waals surface area (Å²) >= 11 is 0. The monoisotopic (exact) mass is 554 g/mol. The second kappa shape index (κ2) is 12.5. The molecule has 0 aliphatic carbocycles. The van der Waals surface area contributed by atoms with E-state index in [1.807, 2.05) is 0 Å². The number of nitro groups is 1. The Balaban J connectivity index is 1.30. The average molecular weight is 555 g/mol. The second-order valence-corrected chi connectivity index (χ2v) is 9.03. The first-order valence-electron chi connectivity index (χ1n) is 12.2. The number of hydrogen-bond donors (Lipinski definition) is 2. The van der Waals surface area contributed by atoms with Crippen LogP contribution in [0.25, 0.3) is 0 Å². The molecule has 0 saturated carbocycles. The van der Waals surface area contributed by atoms with Crippen molar-refractivity contribution in [3.8, 4) is 0 Å². The highest BCUT2D eigenvalue weighted by Gasteiger charge is 2.36. The van der Waals surface area contributed by atoms with Crippen LogP contribution in [-0.4, -0.2) is 56.9 Å². The number of aliphatic hydroxyl groups excluding tert-OH is 1. The molecule has 14 heteroatoms. The number of aliphatic hydroxyl groups is 1. The van der Waals surface area contributed by atoms with Crippen LogP contribution in [0.3, 0.4) is 0 Å². The fraction of sp³-hybridized carbons (Fsp3) is 0.308. The molecule has 0 bridgehead atoms. The van der Waals surface area contributed by atoms with Crippen molar-refractivity contribution < 1.29 is 38.9 Å². The fourth-order valence-corrected chi connectivity index (χ4v) is 4.14. The molecule has 40 heavy (non-hydrogen) atoms. The van der Waals surface area contributed by atoms with Crippen molar-refractivity contribution in [1.82, 2.24) is 9.55 Å². The first kappa shape index (κ1) is 28.4. The van der Waals surface area contributed by atoms with Gasteiger partial charge in [0.2, 0.25) is 0 Å². The van der Waals surface area contributed by atoms with Crippen molar-refractivity contribution in [3.63, 3.8) is 0 Å². The zero-order valence-corrected chi connectivity index (χ0v) is 21.2. The largest absolute Gasteiger partial charge is 0.540 e. The number of benzene rings is 2. The van der Waals surface area contributed by atoms with Gasteiger partial charge in [-0.2, -0.15) is 9.87 Å². The summed E-state index contributed by atoms with van der Waals surface area (Å²) in [6.07, 6.45) is -2.64. The van der Waals surface area contributed by atoms with Crippen LogP contribution in [0, 0.1) is 10.1 Å². The lowest BCUT2D eigenvalue weighted by Gasteiger charge is -2.16. The molecule has 4 rings (SSSR count). The van der Waals surface area contributed by atoms with Crippen LogP contribution < -0.4 is 11.4 Å². The number of ether oxygens (including phenoxy) is 2. The Morgan fingerprint density at radius 2 is 1.98 bits per heavy atom. The van der Waals surface area contributed by atoms with Gasteiger partial charge in [0.05, 0.1) is 11.0 Å². The average Bonchev–Trinajstić information content (AvgIpc) is 3.31. The number of nitro benzene ring substituents is 1. The molecule has 1 aliphatic rings. The number of hydrogen-bond acceptors (Lipinski definition) is 12. The smallest absolute Gasteiger partial charge is 0.429 e. The third-order valence-electron chi connectivity index (χ3n) is 6.23. The lowest BCUT2D eigenvalue weighted by atomic mass is 9.94. The van der Waals surface area contributed by atoms with E-state index in [-0.39, 0.29) is 41.4 Å². The second-order valence-electron chi connectivity index (χ2n) is 9.03. The molecular formula is C26H26N4O10. The van der Waals surface area contributed by atoms with Gasteiger partial charge in [0.1, 0.15) is 31.4 Å². The van der Waals surface area contributed by atoms with Crippen LogP contribution in [0.2, 0.25) is 0 Å². The predicted molar refractivity (Wildman–Crippen MR) is 137 cm³/mol. The molecule has 1 unspecified atom stereocenters. The Labute approximate surface area is 226 Å². The van der Waals surface area contributed by atoms with Crippen molar-refractivity contribution in [2.75, 3.05) is 18.9 Å². The molecule has 3 N–H and O–H groups in total. The van der Waals surface area contributed by atoms with Gasteiger partial charge in [0.25, 0.3) is 5.69 Å². The third kappa shape index (κ3) is 6.66. The Morgan fingerprint density at radius 1 is 1.23 bits per heavy atom. The Bertz CT molecular complexity index is 1440. The summed E-state index contributed by atoms with van der Waals surface area (Å²) in [5.74, 6) is -0.912. The van der Waals surface area contributed by atoms with E-state index >= 15 is 0 Å². The highest BCUT2D eigenvalue weighted by molar-refractivity contribution is 6.09. The number of ketones is 1. The summed E-state index contributed by atoms with van der Waals surface area (Å²) < 4.78 is 11.7. The summed E-state index contributed by atoms with van der Waals surface area (Å²) in [6.45, 7) is 0.920. The van der Waals surface area contributed by atoms with E-state index in [4.69, 9.17) is 20.1 Å². The van der Waals surface area contributed by atoms with Crippen LogP contribution in [-0.2, 0) is 19.2 Å². The summed E-state index contributed by atoms with van der Waals surface area (Å²) in [6, 6.07) is 13.9. The van der Waals surface area contributed by atoms with Gasteiger partial charge >= 0.3 is 11.8 Å². The zero-order chi connectivity index (χ0) is 28.8. The number of carbonyl (C=O) groups is 2. The molecule has 2 aromatic carbocycles. The number of anilines is 1. The zero-order valence-electron chi connectivity index (χ0n) is 21.2. The Morgan fingerprint density at radius 3 is 2.67 bits per heavy atom. The number of nitrogens with two attached hydrogens (primary N) is 1. The maximum atomic E-state index is 12.8. The van der Waals surface area contributed by atoms with Gasteiger partial charge in [-0.05, 0) is 18.2 Å². The standard InChI is InChI=1S/C26H26N4O10/c1-15(18-11-17(7-8-19(18)30(35)36)24(32)16-5-3-2-4-6-16)13-38-40-26(34)37-14-21-20(31)12-23(39-21)29-10-9-22(27)28-25(29)33/h2-11,15,20-21,23,31H,12-14H2,1H3,(H2,27,28,33)/t15?,20-,21+,23+/m0/s1. The molecule has 1 saturated heterocycles. The minimum absolute atomic E-state index is 0.0414. The molecule has 210 valence electrons. The van der Waals surface area contributed by atoms with Crippen molar-refractivity contribution in [2.24, 2.45) is 0 Å². The summed E-state index contributed by atoms with van der Waals surface area (Å²) in [5, 5.41) is 21.8. The molecule has 0 radical (unpaired) electrons.